The van der Waals surface area contributed by atoms with E-state index < -0.39 is 5.91 Å². The highest BCUT2D eigenvalue weighted by Gasteiger charge is 2.08. The van der Waals surface area contributed by atoms with E-state index in [2.05, 4.69) is 15.8 Å². The Kier molecular flexibility index (Phi) is 5.19. The number of aromatic nitrogens is 1. The quantitative estimate of drug-likeness (QED) is 0.737. The highest BCUT2D eigenvalue weighted by molar-refractivity contribution is 5.93. The molecule has 0 saturated carbocycles. The van der Waals surface area contributed by atoms with E-state index in [1.165, 1.54) is 0 Å². The van der Waals surface area contributed by atoms with E-state index in [9.17, 15) is 9.59 Å². The maximum absolute atomic E-state index is 11.6. The maximum Gasteiger partial charge on any atom is 0.286 e. The zero-order chi connectivity index (χ0) is 15.9. The molecule has 0 saturated heterocycles. The molecule has 22 heavy (non-hydrogen) atoms. The van der Waals surface area contributed by atoms with Crippen LogP contribution in [0.2, 0.25) is 0 Å². The van der Waals surface area contributed by atoms with Crippen LogP contribution in [0.5, 0.6) is 5.75 Å². The molecule has 6 heteroatoms. The average Bonchev–Trinajstić information content (AvgIpc) is 3.02. The molecule has 2 rings (SSSR count). The Morgan fingerprint density at radius 2 is 2.00 bits per heavy atom. The van der Waals surface area contributed by atoms with Crippen molar-refractivity contribution in [1.29, 1.82) is 0 Å². The minimum absolute atomic E-state index is 0.151. The first kappa shape index (κ1) is 15.6. The Bertz CT molecular complexity index is 651. The number of hydrazine groups is 1. The minimum atomic E-state index is -0.395. The molecular formula is C16H19N3O3. The number of carbonyl (C=O) groups excluding carboxylic acids is 2. The van der Waals surface area contributed by atoms with Gasteiger partial charge in [-0.25, -0.2) is 0 Å². The van der Waals surface area contributed by atoms with Gasteiger partial charge in [0, 0.05) is 6.20 Å². The second-order valence-electron chi connectivity index (χ2n) is 4.95. The van der Waals surface area contributed by atoms with Crippen molar-refractivity contribution in [3.63, 3.8) is 0 Å². The molecule has 0 aliphatic rings. The molecule has 1 aromatic heterocycles. The lowest BCUT2D eigenvalue weighted by atomic mass is 10.1. The number of amides is 2. The van der Waals surface area contributed by atoms with Gasteiger partial charge in [0.05, 0.1) is 13.0 Å². The molecule has 0 fully saturated rings. The van der Waals surface area contributed by atoms with E-state index in [1.807, 2.05) is 32.0 Å². The van der Waals surface area contributed by atoms with Gasteiger partial charge in [0.2, 0.25) is 5.91 Å². The average molecular weight is 301 g/mol. The van der Waals surface area contributed by atoms with Crippen LogP contribution in [-0.2, 0) is 4.79 Å². The van der Waals surface area contributed by atoms with E-state index >= 15 is 0 Å². The van der Waals surface area contributed by atoms with E-state index in [0.717, 1.165) is 16.9 Å². The van der Waals surface area contributed by atoms with Crippen molar-refractivity contribution in [2.75, 3.05) is 6.61 Å². The summed E-state index contributed by atoms with van der Waals surface area (Å²) in [7, 11) is 0. The standard InChI is InChI=1S/C16H19N3O3/c1-11-5-6-12(2)14(10-11)22-9-7-15(20)18-19-16(21)13-4-3-8-17-13/h3-6,8,10,17H,7,9H2,1-2H3,(H,18,20)(H,19,21). The van der Waals surface area contributed by atoms with Gasteiger partial charge in [-0.05, 0) is 43.2 Å². The Hall–Kier alpha value is -2.76. The molecule has 0 bridgehead atoms. The van der Waals surface area contributed by atoms with Crippen LogP contribution in [0.3, 0.4) is 0 Å². The summed E-state index contributed by atoms with van der Waals surface area (Å²) >= 11 is 0. The smallest absolute Gasteiger partial charge is 0.286 e. The lowest BCUT2D eigenvalue weighted by Gasteiger charge is -2.10. The largest absolute Gasteiger partial charge is 0.493 e. The van der Waals surface area contributed by atoms with Crippen molar-refractivity contribution in [2.45, 2.75) is 20.3 Å². The summed E-state index contributed by atoms with van der Waals surface area (Å²) in [5.74, 6) is 0.0576. The Morgan fingerprint density at radius 1 is 1.18 bits per heavy atom. The highest BCUT2D eigenvalue weighted by atomic mass is 16.5. The van der Waals surface area contributed by atoms with Crippen molar-refractivity contribution in [1.82, 2.24) is 15.8 Å². The monoisotopic (exact) mass is 301 g/mol. The minimum Gasteiger partial charge on any atom is -0.493 e. The first-order chi connectivity index (χ1) is 10.6. The van der Waals surface area contributed by atoms with Crippen molar-refractivity contribution in [3.8, 4) is 5.75 Å². The topological polar surface area (TPSA) is 83.2 Å². The second kappa shape index (κ2) is 7.31. The van der Waals surface area contributed by atoms with Gasteiger partial charge in [0.25, 0.3) is 5.91 Å². The van der Waals surface area contributed by atoms with Gasteiger partial charge >= 0.3 is 0 Å². The van der Waals surface area contributed by atoms with Gasteiger partial charge in [0.1, 0.15) is 11.4 Å². The SMILES string of the molecule is Cc1ccc(C)c(OCCC(=O)NNC(=O)c2ccc[nH]2)c1. The van der Waals surface area contributed by atoms with Crippen LogP contribution in [-0.4, -0.2) is 23.4 Å². The van der Waals surface area contributed by atoms with Crippen molar-refractivity contribution >= 4 is 11.8 Å². The summed E-state index contributed by atoms with van der Waals surface area (Å²) in [5.41, 5.74) is 7.17. The van der Waals surface area contributed by atoms with Crippen molar-refractivity contribution in [3.05, 3.63) is 53.3 Å². The number of rotatable bonds is 5. The van der Waals surface area contributed by atoms with Gasteiger partial charge in [-0.1, -0.05) is 12.1 Å². The Balaban J connectivity index is 1.72. The molecule has 116 valence electrons. The number of aromatic amines is 1. The third-order valence-electron chi connectivity index (χ3n) is 3.09. The van der Waals surface area contributed by atoms with Crippen LogP contribution in [0, 0.1) is 13.8 Å². The van der Waals surface area contributed by atoms with Crippen molar-refractivity contribution in [2.24, 2.45) is 0 Å². The van der Waals surface area contributed by atoms with Crippen molar-refractivity contribution < 1.29 is 14.3 Å². The summed E-state index contributed by atoms with van der Waals surface area (Å²) in [6.45, 7) is 4.18. The van der Waals surface area contributed by atoms with Crippen LogP contribution in [0.25, 0.3) is 0 Å². The number of hydrogen-bond acceptors (Lipinski definition) is 3. The van der Waals surface area contributed by atoms with E-state index in [4.69, 9.17) is 4.74 Å². The molecule has 0 radical (unpaired) electrons. The lowest BCUT2D eigenvalue weighted by Crippen LogP contribution is -2.42. The van der Waals surface area contributed by atoms with Crippen LogP contribution < -0.4 is 15.6 Å². The summed E-state index contributed by atoms with van der Waals surface area (Å²) in [6, 6.07) is 9.23. The fourth-order valence-electron chi connectivity index (χ4n) is 1.84. The van der Waals surface area contributed by atoms with Gasteiger partial charge in [-0.15, -0.1) is 0 Å². The molecule has 2 amide bonds. The van der Waals surface area contributed by atoms with Crippen LogP contribution in [0.15, 0.2) is 36.5 Å². The number of H-pyrrole nitrogens is 1. The first-order valence-corrected chi connectivity index (χ1v) is 6.99. The molecule has 0 atom stereocenters. The summed E-state index contributed by atoms with van der Waals surface area (Å²) in [4.78, 5) is 26.0. The van der Waals surface area contributed by atoms with Gasteiger partial charge in [0.15, 0.2) is 0 Å². The van der Waals surface area contributed by atoms with Gasteiger partial charge in [-0.3, -0.25) is 20.4 Å². The number of aryl methyl sites for hydroxylation is 2. The number of benzene rings is 1. The van der Waals surface area contributed by atoms with E-state index in [1.54, 1.807) is 18.3 Å². The third-order valence-corrected chi connectivity index (χ3v) is 3.09. The predicted molar refractivity (Wildman–Crippen MR) is 82.4 cm³/mol. The normalized spacial score (nSPS) is 10.1. The van der Waals surface area contributed by atoms with E-state index in [-0.39, 0.29) is 18.9 Å². The number of carbonyl (C=O) groups is 2. The fourth-order valence-corrected chi connectivity index (χ4v) is 1.84. The third kappa shape index (κ3) is 4.37. The fraction of sp³-hybridized carbons (Fsp3) is 0.250. The van der Waals surface area contributed by atoms with Crippen LogP contribution >= 0.6 is 0 Å². The highest BCUT2D eigenvalue weighted by Crippen LogP contribution is 2.19. The first-order valence-electron chi connectivity index (χ1n) is 6.99. The molecule has 0 aliphatic carbocycles. The number of ether oxygens (including phenoxy) is 1. The maximum atomic E-state index is 11.6. The Labute approximate surface area is 128 Å². The lowest BCUT2D eigenvalue weighted by molar-refractivity contribution is -0.122. The van der Waals surface area contributed by atoms with Gasteiger partial charge < -0.3 is 9.72 Å². The Morgan fingerprint density at radius 3 is 2.73 bits per heavy atom. The summed E-state index contributed by atoms with van der Waals surface area (Å²) in [6.07, 6.45) is 1.78. The molecule has 3 N–H and O–H groups in total. The molecule has 0 unspecified atom stereocenters. The zero-order valence-electron chi connectivity index (χ0n) is 12.6. The van der Waals surface area contributed by atoms with E-state index in [0.29, 0.717) is 5.69 Å². The molecule has 0 spiro atoms. The number of hydrogen-bond donors (Lipinski definition) is 3. The predicted octanol–water partition coefficient (Wildman–Crippen LogP) is 1.86. The summed E-state index contributed by atoms with van der Waals surface area (Å²) < 4.78 is 5.59. The molecule has 1 heterocycles. The molecule has 0 aliphatic heterocycles. The van der Waals surface area contributed by atoms with Gasteiger partial charge in [-0.2, -0.15) is 0 Å². The summed E-state index contributed by atoms with van der Waals surface area (Å²) in [5, 5.41) is 0. The molecule has 1 aromatic carbocycles. The zero-order valence-corrected chi connectivity index (χ0v) is 12.6. The molecule has 2 aromatic rings. The number of nitrogens with one attached hydrogen (secondary N) is 3. The van der Waals surface area contributed by atoms with Crippen LogP contribution in [0.4, 0.5) is 0 Å². The molecule has 6 nitrogen and oxygen atoms in total. The molecular weight excluding hydrogens is 282 g/mol. The second-order valence-corrected chi connectivity index (χ2v) is 4.95. The van der Waals surface area contributed by atoms with Crippen LogP contribution in [0.1, 0.15) is 28.0 Å².